The van der Waals surface area contributed by atoms with Gasteiger partial charge in [-0.25, -0.2) is 0 Å². The van der Waals surface area contributed by atoms with Crippen LogP contribution in [0.15, 0.2) is 12.2 Å². The highest BCUT2D eigenvalue weighted by Crippen LogP contribution is 2.19. The molecular formula is C16H29N3O7. The fourth-order valence-electron chi connectivity index (χ4n) is 2.50. The van der Waals surface area contributed by atoms with Crippen molar-refractivity contribution in [2.45, 2.75) is 62.9 Å². The van der Waals surface area contributed by atoms with Crippen molar-refractivity contribution in [2.24, 2.45) is 5.73 Å². The van der Waals surface area contributed by atoms with Crippen molar-refractivity contribution in [2.75, 3.05) is 13.2 Å². The van der Waals surface area contributed by atoms with Gasteiger partial charge >= 0.3 is 0 Å². The summed E-state index contributed by atoms with van der Waals surface area (Å²) in [4.78, 5) is 23.4. The summed E-state index contributed by atoms with van der Waals surface area (Å²) in [5.41, 5.74) is 6.20. The van der Waals surface area contributed by atoms with E-state index < -0.39 is 49.2 Å². The van der Waals surface area contributed by atoms with Gasteiger partial charge in [0.05, 0.1) is 12.6 Å². The monoisotopic (exact) mass is 375 g/mol. The number of aliphatic hydroxyl groups excluding tert-OH is 4. The number of nitrogens with two attached hydrogens (primary N) is 1. The zero-order chi connectivity index (χ0) is 19.9. The quantitative estimate of drug-likeness (QED) is 0.166. The summed E-state index contributed by atoms with van der Waals surface area (Å²) < 4.78 is 4.96. The molecule has 0 aromatic rings. The molecule has 0 saturated carbocycles. The van der Waals surface area contributed by atoms with Gasteiger partial charge in [-0.2, -0.15) is 0 Å². The summed E-state index contributed by atoms with van der Waals surface area (Å²) in [5, 5.41) is 43.6. The molecule has 0 radical (unpaired) electrons. The van der Waals surface area contributed by atoms with Crippen molar-refractivity contribution in [3.63, 3.8) is 0 Å². The highest BCUT2D eigenvalue weighted by Gasteiger charge is 2.44. The molecule has 6 atom stereocenters. The lowest BCUT2D eigenvalue weighted by molar-refractivity contribution is -0.253. The highest BCUT2D eigenvalue weighted by atomic mass is 16.6. The van der Waals surface area contributed by atoms with Gasteiger partial charge in [0.25, 0.3) is 0 Å². The predicted octanol–water partition coefficient (Wildman–Crippen LogP) is -2.91. The molecule has 1 fully saturated rings. The Morgan fingerprint density at radius 1 is 1.23 bits per heavy atom. The Bertz CT molecular complexity index is 502. The molecule has 1 saturated heterocycles. The van der Waals surface area contributed by atoms with Crippen molar-refractivity contribution < 1.29 is 34.8 Å². The number of ether oxygens (including phenoxy) is 1. The third kappa shape index (κ3) is 6.31. The van der Waals surface area contributed by atoms with E-state index in [1.807, 2.05) is 0 Å². The van der Waals surface area contributed by atoms with Crippen LogP contribution in [0.4, 0.5) is 0 Å². The first-order valence-corrected chi connectivity index (χ1v) is 8.49. The minimum atomic E-state index is -1.58. The van der Waals surface area contributed by atoms with Crippen LogP contribution in [0.5, 0.6) is 0 Å². The molecule has 150 valence electrons. The Labute approximate surface area is 152 Å². The molecule has 2 unspecified atom stereocenters. The van der Waals surface area contributed by atoms with Crippen molar-refractivity contribution in [3.05, 3.63) is 12.2 Å². The van der Waals surface area contributed by atoms with Gasteiger partial charge in [0.2, 0.25) is 11.8 Å². The van der Waals surface area contributed by atoms with Gasteiger partial charge in [0, 0.05) is 12.1 Å². The molecule has 26 heavy (non-hydrogen) atoms. The second-order valence-corrected chi connectivity index (χ2v) is 6.40. The first kappa shape index (κ1) is 22.5. The summed E-state index contributed by atoms with van der Waals surface area (Å²) in [5.74, 6) is -0.843. The van der Waals surface area contributed by atoms with Crippen molar-refractivity contribution in [1.29, 1.82) is 0 Å². The maximum atomic E-state index is 12.1. The molecule has 1 heterocycles. The van der Waals surface area contributed by atoms with E-state index in [4.69, 9.17) is 15.6 Å². The minimum Gasteiger partial charge on any atom is -0.394 e. The van der Waals surface area contributed by atoms with E-state index >= 15 is 0 Å². The lowest BCUT2D eigenvalue weighted by atomic mass is 9.96. The number of aliphatic hydroxyl groups is 4. The average molecular weight is 375 g/mol. The summed E-state index contributed by atoms with van der Waals surface area (Å²) >= 11 is 0. The maximum Gasteiger partial charge on any atom is 0.246 e. The summed E-state index contributed by atoms with van der Waals surface area (Å²) in [6, 6.07) is -2.15. The first-order chi connectivity index (χ1) is 12.2. The lowest BCUT2D eigenvalue weighted by Crippen LogP contribution is -2.65. The zero-order valence-corrected chi connectivity index (χ0v) is 14.8. The van der Waals surface area contributed by atoms with Gasteiger partial charge in [-0.15, -0.1) is 0 Å². The Balaban J connectivity index is 2.37. The molecule has 8 N–H and O–H groups in total. The molecular weight excluding hydrogens is 346 g/mol. The van der Waals surface area contributed by atoms with Crippen LogP contribution < -0.4 is 16.4 Å². The Hall–Kier alpha value is -1.56. The van der Waals surface area contributed by atoms with Crippen LogP contribution in [0.3, 0.4) is 0 Å². The van der Waals surface area contributed by atoms with Crippen LogP contribution >= 0.6 is 0 Å². The van der Waals surface area contributed by atoms with Gasteiger partial charge in [0.15, 0.2) is 6.29 Å². The number of nitrogens with one attached hydrogen (secondary N) is 2. The topological polar surface area (TPSA) is 174 Å². The molecule has 0 aliphatic carbocycles. The summed E-state index contributed by atoms with van der Waals surface area (Å²) in [6.45, 7) is 4.97. The molecule has 2 amide bonds. The molecule has 1 aliphatic heterocycles. The molecule has 0 aromatic heterocycles. The molecule has 1 aliphatic rings. The van der Waals surface area contributed by atoms with Gasteiger partial charge in [-0.05, 0) is 26.2 Å². The molecule has 0 spiro atoms. The van der Waals surface area contributed by atoms with Crippen LogP contribution in [0, 0.1) is 0 Å². The van der Waals surface area contributed by atoms with E-state index in [2.05, 4.69) is 17.2 Å². The second-order valence-electron chi connectivity index (χ2n) is 6.40. The van der Waals surface area contributed by atoms with Crippen LogP contribution in [0.25, 0.3) is 0 Å². The van der Waals surface area contributed by atoms with Crippen LogP contribution in [0.2, 0.25) is 0 Å². The maximum absolute atomic E-state index is 12.1. The van der Waals surface area contributed by atoms with Gasteiger partial charge in [-0.1, -0.05) is 6.58 Å². The van der Waals surface area contributed by atoms with Gasteiger partial charge in [0.1, 0.15) is 24.4 Å². The van der Waals surface area contributed by atoms with E-state index in [-0.39, 0.29) is 5.91 Å². The number of carbonyl (C=O) groups is 2. The zero-order valence-electron chi connectivity index (χ0n) is 14.8. The lowest BCUT2D eigenvalue weighted by Gasteiger charge is -2.40. The highest BCUT2D eigenvalue weighted by molar-refractivity contribution is 5.92. The van der Waals surface area contributed by atoms with Crippen LogP contribution in [-0.4, -0.2) is 82.1 Å². The number of unbranched alkanes of at least 4 members (excludes halogenated alkanes) is 1. The van der Waals surface area contributed by atoms with E-state index in [1.54, 1.807) is 6.92 Å². The Morgan fingerprint density at radius 2 is 1.88 bits per heavy atom. The molecule has 1 rings (SSSR count). The SMILES string of the molecule is C=C(C)C(=O)NCCCCC(N)C(=O)N[C@H]1C(O)O[C@H](CO)[C@@H](O)[C@@H]1O. The van der Waals surface area contributed by atoms with Gasteiger partial charge < -0.3 is 41.5 Å². The summed E-state index contributed by atoms with van der Waals surface area (Å²) in [6.07, 6.45) is -4.17. The van der Waals surface area contributed by atoms with Gasteiger partial charge in [-0.3, -0.25) is 9.59 Å². The largest absolute Gasteiger partial charge is 0.394 e. The van der Waals surface area contributed by atoms with E-state index in [1.165, 1.54) is 0 Å². The fourth-order valence-corrected chi connectivity index (χ4v) is 2.50. The number of carbonyl (C=O) groups excluding carboxylic acids is 2. The first-order valence-electron chi connectivity index (χ1n) is 8.49. The smallest absolute Gasteiger partial charge is 0.246 e. The second kappa shape index (κ2) is 10.6. The van der Waals surface area contributed by atoms with E-state index in [9.17, 15) is 24.9 Å². The van der Waals surface area contributed by atoms with Crippen LogP contribution in [0.1, 0.15) is 26.2 Å². The van der Waals surface area contributed by atoms with E-state index in [0.29, 0.717) is 31.4 Å². The number of rotatable bonds is 9. The Morgan fingerprint density at radius 3 is 2.46 bits per heavy atom. The third-order valence-electron chi connectivity index (χ3n) is 4.16. The normalized spacial score (nSPS) is 29.7. The Kier molecular flexibility index (Phi) is 9.13. The molecule has 0 bridgehead atoms. The van der Waals surface area contributed by atoms with Crippen molar-refractivity contribution >= 4 is 11.8 Å². The number of amides is 2. The van der Waals surface area contributed by atoms with Crippen molar-refractivity contribution in [1.82, 2.24) is 10.6 Å². The minimum absolute atomic E-state index is 0.230. The number of hydrogen-bond acceptors (Lipinski definition) is 8. The van der Waals surface area contributed by atoms with Crippen LogP contribution in [-0.2, 0) is 14.3 Å². The molecule has 10 heteroatoms. The molecule has 0 aromatic carbocycles. The fraction of sp³-hybridized carbons (Fsp3) is 0.750. The van der Waals surface area contributed by atoms with E-state index in [0.717, 1.165) is 0 Å². The third-order valence-corrected chi connectivity index (χ3v) is 4.16. The predicted molar refractivity (Wildman–Crippen MR) is 91.6 cm³/mol. The standard InChI is InChI=1S/C16H29N3O7/c1-8(2)14(23)18-6-4-3-5-9(17)15(24)19-11-13(22)12(21)10(7-20)26-16(11)25/h9-13,16,20-22,25H,1,3-7,17H2,2H3,(H,18,23)(H,19,24)/t9?,10-,11-,12-,13-,16?/m1/s1. The average Bonchev–Trinajstić information content (AvgIpc) is 2.60. The number of hydrogen-bond donors (Lipinski definition) is 7. The molecule has 10 nitrogen and oxygen atoms in total. The van der Waals surface area contributed by atoms with Crippen molar-refractivity contribution in [3.8, 4) is 0 Å². The summed E-state index contributed by atoms with van der Waals surface area (Å²) in [7, 11) is 0.